The number of hydrogen-bond donors (Lipinski definition) is 0. The SMILES string of the molecule is C=CC(=O)OCc1ccc(N(c2ccc(OC(=O)C(=C)C)cc2)c2cccc(C)c2)cc1. The van der Waals surface area contributed by atoms with E-state index in [2.05, 4.69) is 24.1 Å². The number of nitrogens with zero attached hydrogens (tertiary/aromatic N) is 1. The zero-order valence-corrected chi connectivity index (χ0v) is 18.2. The summed E-state index contributed by atoms with van der Waals surface area (Å²) in [5.41, 5.74) is 5.16. The molecule has 0 heterocycles. The van der Waals surface area contributed by atoms with Gasteiger partial charge in [0.05, 0.1) is 0 Å². The normalized spacial score (nSPS) is 10.2. The van der Waals surface area contributed by atoms with Crippen LogP contribution < -0.4 is 9.64 Å². The van der Waals surface area contributed by atoms with Gasteiger partial charge in [0, 0.05) is 28.7 Å². The first-order valence-electron chi connectivity index (χ1n) is 10.1. The van der Waals surface area contributed by atoms with E-state index < -0.39 is 11.9 Å². The molecule has 0 fully saturated rings. The minimum Gasteiger partial charge on any atom is -0.458 e. The van der Waals surface area contributed by atoms with E-state index in [4.69, 9.17) is 9.47 Å². The van der Waals surface area contributed by atoms with Crippen LogP contribution in [0.15, 0.2) is 97.6 Å². The maximum Gasteiger partial charge on any atom is 0.338 e. The highest BCUT2D eigenvalue weighted by atomic mass is 16.5. The van der Waals surface area contributed by atoms with Crippen LogP contribution in [0.4, 0.5) is 17.1 Å². The molecule has 0 spiro atoms. The van der Waals surface area contributed by atoms with E-state index in [-0.39, 0.29) is 6.61 Å². The topological polar surface area (TPSA) is 55.8 Å². The summed E-state index contributed by atoms with van der Waals surface area (Å²) < 4.78 is 10.4. The molecule has 0 aliphatic heterocycles. The quantitative estimate of drug-likeness (QED) is 0.244. The van der Waals surface area contributed by atoms with Crippen LogP contribution in [-0.2, 0) is 20.9 Å². The van der Waals surface area contributed by atoms with Crippen molar-refractivity contribution in [1.29, 1.82) is 0 Å². The van der Waals surface area contributed by atoms with Gasteiger partial charge in [-0.05, 0) is 73.5 Å². The lowest BCUT2D eigenvalue weighted by molar-refractivity contribution is -0.139. The lowest BCUT2D eigenvalue weighted by Gasteiger charge is -2.26. The largest absolute Gasteiger partial charge is 0.458 e. The molecular weight excluding hydrogens is 402 g/mol. The van der Waals surface area contributed by atoms with Crippen LogP contribution in [0.1, 0.15) is 18.1 Å². The van der Waals surface area contributed by atoms with E-state index in [0.717, 1.165) is 34.3 Å². The molecule has 0 amide bonds. The number of esters is 2. The van der Waals surface area contributed by atoms with Crippen LogP contribution in [0.2, 0.25) is 0 Å². The smallest absolute Gasteiger partial charge is 0.338 e. The fraction of sp³-hybridized carbons (Fsp3) is 0.111. The molecule has 0 aromatic heterocycles. The van der Waals surface area contributed by atoms with Crippen molar-refractivity contribution in [3.8, 4) is 5.75 Å². The third kappa shape index (κ3) is 5.73. The lowest BCUT2D eigenvalue weighted by Crippen LogP contribution is -2.11. The van der Waals surface area contributed by atoms with Gasteiger partial charge >= 0.3 is 11.9 Å². The van der Waals surface area contributed by atoms with E-state index in [1.54, 1.807) is 19.1 Å². The standard InChI is InChI=1S/C27H25NO4/c1-5-26(29)31-18-21-9-11-22(12-10-21)28(24-8-6-7-20(4)17-24)23-13-15-25(16-14-23)32-27(30)19(2)3/h5-17H,1-2,18H2,3-4H3. The third-order valence-corrected chi connectivity index (χ3v) is 4.66. The first-order valence-corrected chi connectivity index (χ1v) is 10.1. The van der Waals surface area contributed by atoms with Gasteiger partial charge in [0.25, 0.3) is 0 Å². The molecule has 0 aliphatic rings. The van der Waals surface area contributed by atoms with Crippen LogP contribution in [0, 0.1) is 6.92 Å². The van der Waals surface area contributed by atoms with Crippen LogP contribution in [0.5, 0.6) is 5.75 Å². The fourth-order valence-corrected chi connectivity index (χ4v) is 3.03. The minimum absolute atomic E-state index is 0.179. The first-order chi connectivity index (χ1) is 15.4. The summed E-state index contributed by atoms with van der Waals surface area (Å²) >= 11 is 0. The Labute approximate surface area is 188 Å². The van der Waals surface area contributed by atoms with Crippen molar-refractivity contribution in [3.05, 3.63) is 109 Å². The van der Waals surface area contributed by atoms with Crippen LogP contribution in [0.25, 0.3) is 0 Å². The minimum atomic E-state index is -0.457. The number of benzene rings is 3. The molecule has 3 rings (SSSR count). The number of carbonyl (C=O) groups excluding carboxylic acids is 2. The highest BCUT2D eigenvalue weighted by Crippen LogP contribution is 2.35. The van der Waals surface area contributed by atoms with Gasteiger partial charge in [0.2, 0.25) is 0 Å². The summed E-state index contributed by atoms with van der Waals surface area (Å²) in [5.74, 6) is -0.464. The van der Waals surface area contributed by atoms with Gasteiger partial charge in [-0.25, -0.2) is 9.59 Å². The Balaban J connectivity index is 1.91. The molecule has 3 aromatic rings. The van der Waals surface area contributed by atoms with Crippen LogP contribution >= 0.6 is 0 Å². The molecule has 5 heteroatoms. The van der Waals surface area contributed by atoms with Gasteiger partial charge < -0.3 is 14.4 Å². The fourth-order valence-electron chi connectivity index (χ4n) is 3.03. The third-order valence-electron chi connectivity index (χ3n) is 4.66. The van der Waals surface area contributed by atoms with E-state index in [0.29, 0.717) is 11.3 Å². The Bertz CT molecular complexity index is 1130. The van der Waals surface area contributed by atoms with E-state index >= 15 is 0 Å². The van der Waals surface area contributed by atoms with Crippen molar-refractivity contribution in [2.45, 2.75) is 20.5 Å². The predicted octanol–water partition coefficient (Wildman–Crippen LogP) is 6.18. The number of rotatable bonds is 8. The molecule has 32 heavy (non-hydrogen) atoms. The average Bonchev–Trinajstić information content (AvgIpc) is 2.79. The molecule has 0 radical (unpaired) electrons. The summed E-state index contributed by atoms with van der Waals surface area (Å²) in [7, 11) is 0. The van der Waals surface area contributed by atoms with Crippen molar-refractivity contribution >= 4 is 29.0 Å². The zero-order valence-electron chi connectivity index (χ0n) is 18.2. The Morgan fingerprint density at radius 2 is 1.56 bits per heavy atom. The Morgan fingerprint density at radius 3 is 2.12 bits per heavy atom. The predicted molar refractivity (Wildman–Crippen MR) is 126 cm³/mol. The molecule has 162 valence electrons. The second-order valence-electron chi connectivity index (χ2n) is 7.32. The molecule has 0 bridgehead atoms. The molecule has 0 aliphatic carbocycles. The number of anilines is 3. The molecule has 3 aromatic carbocycles. The van der Waals surface area contributed by atoms with E-state index in [1.165, 1.54) is 0 Å². The summed E-state index contributed by atoms with van der Waals surface area (Å²) in [6.07, 6.45) is 1.14. The van der Waals surface area contributed by atoms with Gasteiger partial charge in [-0.15, -0.1) is 0 Å². The number of aryl methyl sites for hydroxylation is 1. The molecule has 0 saturated carbocycles. The van der Waals surface area contributed by atoms with E-state index in [9.17, 15) is 9.59 Å². The molecule has 0 N–H and O–H groups in total. The average molecular weight is 428 g/mol. The monoisotopic (exact) mass is 427 g/mol. The number of carbonyl (C=O) groups is 2. The van der Waals surface area contributed by atoms with Gasteiger partial charge in [0.15, 0.2) is 0 Å². The molecule has 0 atom stereocenters. The Hall–Kier alpha value is -4.12. The summed E-state index contributed by atoms with van der Waals surface area (Å²) in [6, 6.07) is 23.2. The van der Waals surface area contributed by atoms with Crippen molar-refractivity contribution in [2.24, 2.45) is 0 Å². The van der Waals surface area contributed by atoms with Crippen molar-refractivity contribution < 1.29 is 19.1 Å². The van der Waals surface area contributed by atoms with Crippen molar-refractivity contribution in [2.75, 3.05) is 4.90 Å². The van der Waals surface area contributed by atoms with Crippen LogP contribution in [-0.4, -0.2) is 11.9 Å². The molecule has 0 unspecified atom stereocenters. The Kier molecular flexibility index (Phi) is 7.24. The zero-order chi connectivity index (χ0) is 23.1. The summed E-state index contributed by atoms with van der Waals surface area (Å²) in [4.78, 5) is 25.2. The highest BCUT2D eigenvalue weighted by Gasteiger charge is 2.14. The van der Waals surface area contributed by atoms with Gasteiger partial charge in [-0.3, -0.25) is 0 Å². The second-order valence-corrected chi connectivity index (χ2v) is 7.32. The van der Waals surface area contributed by atoms with Crippen LogP contribution in [0.3, 0.4) is 0 Å². The van der Waals surface area contributed by atoms with Crippen molar-refractivity contribution in [3.63, 3.8) is 0 Å². The lowest BCUT2D eigenvalue weighted by atomic mass is 10.1. The van der Waals surface area contributed by atoms with Crippen molar-refractivity contribution in [1.82, 2.24) is 0 Å². The maximum atomic E-state index is 11.8. The molecule has 5 nitrogen and oxygen atoms in total. The number of hydrogen-bond acceptors (Lipinski definition) is 5. The van der Waals surface area contributed by atoms with Gasteiger partial charge in [0.1, 0.15) is 12.4 Å². The highest BCUT2D eigenvalue weighted by molar-refractivity contribution is 5.89. The van der Waals surface area contributed by atoms with Gasteiger partial charge in [-0.1, -0.05) is 37.4 Å². The second kappa shape index (κ2) is 10.3. The Morgan fingerprint density at radius 1 is 0.938 bits per heavy atom. The molecular formula is C27H25NO4. The first kappa shape index (κ1) is 22.6. The van der Waals surface area contributed by atoms with E-state index in [1.807, 2.05) is 61.5 Å². The maximum absolute atomic E-state index is 11.8. The molecule has 0 saturated heterocycles. The summed E-state index contributed by atoms with van der Waals surface area (Å²) in [6.45, 7) is 10.8. The summed E-state index contributed by atoms with van der Waals surface area (Å²) in [5, 5.41) is 0. The number of ether oxygens (including phenoxy) is 2. The van der Waals surface area contributed by atoms with Gasteiger partial charge in [-0.2, -0.15) is 0 Å².